The summed E-state index contributed by atoms with van der Waals surface area (Å²) in [5.74, 6) is 0.439. The minimum atomic E-state index is -0.967. The summed E-state index contributed by atoms with van der Waals surface area (Å²) < 4.78 is 11.5. The number of carboxylic acids is 1. The average Bonchev–Trinajstić information content (AvgIpc) is 3.01. The fourth-order valence-electron chi connectivity index (χ4n) is 5.31. The molecule has 0 saturated carbocycles. The summed E-state index contributed by atoms with van der Waals surface area (Å²) in [6, 6.07) is 27.8. The van der Waals surface area contributed by atoms with Crippen LogP contribution in [-0.4, -0.2) is 67.3 Å². The van der Waals surface area contributed by atoms with E-state index < -0.39 is 5.97 Å². The Morgan fingerprint density at radius 3 is 2.12 bits per heavy atom. The third kappa shape index (κ3) is 9.62. The Balaban J connectivity index is 1.14. The number of carbonyl (C=O) groups is 1. The van der Waals surface area contributed by atoms with Gasteiger partial charge in [-0.05, 0) is 48.2 Å². The van der Waals surface area contributed by atoms with Crippen LogP contribution >= 0.6 is 0 Å². The van der Waals surface area contributed by atoms with Crippen LogP contribution in [0, 0.1) is 0 Å². The Kier molecular flexibility index (Phi) is 12.0. The molecule has 0 atom stereocenters. The molecule has 6 nitrogen and oxygen atoms in total. The second-order valence-corrected chi connectivity index (χ2v) is 10.3. The summed E-state index contributed by atoms with van der Waals surface area (Å²) in [6.45, 7) is 6.20. The zero-order chi connectivity index (χ0) is 28.7. The molecule has 0 amide bonds. The van der Waals surface area contributed by atoms with Crippen molar-refractivity contribution >= 4 is 12.0 Å². The molecule has 0 aromatic heterocycles. The minimum absolute atomic E-state index is 0.312. The molecular formula is C35H42N2O4. The summed E-state index contributed by atoms with van der Waals surface area (Å²) in [5.41, 5.74) is 3.65. The van der Waals surface area contributed by atoms with Crippen molar-refractivity contribution in [1.29, 1.82) is 0 Å². The third-order valence-corrected chi connectivity index (χ3v) is 7.46. The maximum Gasteiger partial charge on any atom is 0.328 e. The van der Waals surface area contributed by atoms with Crippen LogP contribution in [0.1, 0.15) is 48.4 Å². The molecule has 1 heterocycles. The van der Waals surface area contributed by atoms with E-state index in [2.05, 4.69) is 70.5 Å². The molecule has 0 unspecified atom stereocenters. The Bertz CT molecular complexity index is 1210. The second kappa shape index (κ2) is 16.4. The van der Waals surface area contributed by atoms with E-state index in [0.29, 0.717) is 18.4 Å². The number of carboxylic acid groups (broad SMARTS) is 1. The number of piperazine rings is 1. The van der Waals surface area contributed by atoms with Gasteiger partial charge < -0.3 is 19.5 Å². The van der Waals surface area contributed by atoms with E-state index in [1.54, 1.807) is 13.2 Å². The molecule has 1 aliphatic heterocycles. The maximum absolute atomic E-state index is 10.6. The molecule has 0 radical (unpaired) electrons. The van der Waals surface area contributed by atoms with Crippen molar-refractivity contribution in [2.45, 2.75) is 31.7 Å². The van der Waals surface area contributed by atoms with Crippen LogP contribution in [0.3, 0.4) is 0 Å². The average molecular weight is 555 g/mol. The monoisotopic (exact) mass is 554 g/mol. The number of rotatable bonds is 15. The highest BCUT2D eigenvalue weighted by Gasteiger charge is 2.26. The number of hydrogen-bond donors (Lipinski definition) is 1. The lowest BCUT2D eigenvalue weighted by Gasteiger charge is -2.39. The van der Waals surface area contributed by atoms with Crippen molar-refractivity contribution in [1.82, 2.24) is 9.80 Å². The molecule has 3 aromatic rings. The van der Waals surface area contributed by atoms with Gasteiger partial charge in [-0.3, -0.25) is 4.90 Å². The van der Waals surface area contributed by atoms with Gasteiger partial charge in [0.15, 0.2) is 11.5 Å². The first-order valence-corrected chi connectivity index (χ1v) is 14.6. The van der Waals surface area contributed by atoms with Gasteiger partial charge >= 0.3 is 5.97 Å². The van der Waals surface area contributed by atoms with Crippen molar-refractivity contribution in [3.63, 3.8) is 0 Å². The van der Waals surface area contributed by atoms with Crippen LogP contribution in [0.5, 0.6) is 11.5 Å². The molecule has 0 bridgehead atoms. The maximum atomic E-state index is 10.6. The fraction of sp³-hybridized carbons (Fsp3) is 0.343. The smallest absolute Gasteiger partial charge is 0.328 e. The molecule has 216 valence electrons. The predicted octanol–water partition coefficient (Wildman–Crippen LogP) is 6.70. The standard InChI is InChI=1S/C35H42N2O4/c1-40-33-28-29(14-10-11-19-34(38)39)20-21-32(33)41-27-13-3-2-12-22-36-23-25-37(26-24-36)35(30-15-6-4-7-16-30)31-17-8-5-9-18-31/h4-11,14-21,28,35H,2-3,12-13,22-27H2,1H3,(H,38,39). The van der Waals surface area contributed by atoms with Crippen LogP contribution in [0.25, 0.3) is 6.08 Å². The van der Waals surface area contributed by atoms with E-state index >= 15 is 0 Å². The Morgan fingerprint density at radius 2 is 1.49 bits per heavy atom. The van der Waals surface area contributed by atoms with Gasteiger partial charge in [0.1, 0.15) is 0 Å². The van der Waals surface area contributed by atoms with E-state index in [9.17, 15) is 4.79 Å². The normalized spacial score (nSPS) is 14.7. The summed E-state index contributed by atoms with van der Waals surface area (Å²) in [6.07, 6.45) is 10.7. The number of allylic oxidation sites excluding steroid dienone is 2. The van der Waals surface area contributed by atoms with Gasteiger partial charge in [-0.15, -0.1) is 0 Å². The molecule has 0 spiro atoms. The van der Waals surface area contributed by atoms with Crippen LogP contribution in [0.2, 0.25) is 0 Å². The third-order valence-electron chi connectivity index (χ3n) is 7.46. The molecule has 1 N–H and O–H groups in total. The topological polar surface area (TPSA) is 62.2 Å². The Morgan fingerprint density at radius 1 is 0.829 bits per heavy atom. The van der Waals surface area contributed by atoms with Crippen molar-refractivity contribution < 1.29 is 19.4 Å². The van der Waals surface area contributed by atoms with Crippen molar-refractivity contribution in [2.24, 2.45) is 0 Å². The van der Waals surface area contributed by atoms with E-state index in [1.807, 2.05) is 24.3 Å². The highest BCUT2D eigenvalue weighted by atomic mass is 16.5. The number of aliphatic carboxylic acids is 1. The lowest BCUT2D eigenvalue weighted by molar-refractivity contribution is -0.131. The lowest BCUT2D eigenvalue weighted by Crippen LogP contribution is -2.48. The predicted molar refractivity (Wildman–Crippen MR) is 166 cm³/mol. The molecule has 1 aliphatic rings. The van der Waals surface area contributed by atoms with Gasteiger partial charge in [0.25, 0.3) is 0 Å². The van der Waals surface area contributed by atoms with Gasteiger partial charge in [-0.25, -0.2) is 4.79 Å². The lowest BCUT2D eigenvalue weighted by atomic mass is 9.96. The summed E-state index contributed by atoms with van der Waals surface area (Å²) >= 11 is 0. The SMILES string of the molecule is COc1cc(C=CC=CC(=O)O)ccc1OCCCCCCN1CCN(C(c2ccccc2)c2ccccc2)CC1. The van der Waals surface area contributed by atoms with Crippen LogP contribution in [0.4, 0.5) is 0 Å². The number of unbranched alkanes of at least 4 members (excludes halogenated alkanes) is 3. The highest BCUT2D eigenvalue weighted by molar-refractivity contribution is 5.80. The summed E-state index contributed by atoms with van der Waals surface area (Å²) in [5, 5.41) is 8.67. The van der Waals surface area contributed by atoms with Crippen LogP contribution < -0.4 is 9.47 Å². The van der Waals surface area contributed by atoms with Gasteiger partial charge in [-0.2, -0.15) is 0 Å². The quantitative estimate of drug-likeness (QED) is 0.128. The van der Waals surface area contributed by atoms with Gasteiger partial charge in [-0.1, -0.05) is 97.8 Å². The second-order valence-electron chi connectivity index (χ2n) is 10.3. The molecule has 1 saturated heterocycles. The molecule has 4 rings (SSSR count). The van der Waals surface area contributed by atoms with E-state index in [4.69, 9.17) is 14.6 Å². The van der Waals surface area contributed by atoms with E-state index in [0.717, 1.165) is 63.0 Å². The van der Waals surface area contributed by atoms with Gasteiger partial charge in [0.2, 0.25) is 0 Å². The zero-order valence-electron chi connectivity index (χ0n) is 24.0. The molecule has 0 aliphatic carbocycles. The molecule has 6 heteroatoms. The van der Waals surface area contributed by atoms with Gasteiger partial charge in [0, 0.05) is 32.3 Å². The van der Waals surface area contributed by atoms with Crippen molar-refractivity contribution in [3.8, 4) is 11.5 Å². The van der Waals surface area contributed by atoms with Crippen LogP contribution in [-0.2, 0) is 4.79 Å². The molecule has 3 aromatic carbocycles. The van der Waals surface area contributed by atoms with Crippen molar-refractivity contribution in [2.75, 3.05) is 46.4 Å². The summed E-state index contributed by atoms with van der Waals surface area (Å²) in [4.78, 5) is 15.8. The Labute approximate surface area is 244 Å². The first-order chi connectivity index (χ1) is 20.1. The molecule has 1 fully saturated rings. The molecule has 41 heavy (non-hydrogen) atoms. The van der Waals surface area contributed by atoms with E-state index in [1.165, 1.54) is 30.0 Å². The number of nitrogens with zero attached hydrogens (tertiary/aromatic N) is 2. The number of benzene rings is 3. The van der Waals surface area contributed by atoms with Crippen molar-refractivity contribution in [3.05, 3.63) is 114 Å². The van der Waals surface area contributed by atoms with Crippen LogP contribution in [0.15, 0.2) is 97.1 Å². The largest absolute Gasteiger partial charge is 0.493 e. The first kappa shape index (κ1) is 30.1. The van der Waals surface area contributed by atoms with Gasteiger partial charge in [0.05, 0.1) is 19.8 Å². The number of methoxy groups -OCH3 is 1. The van der Waals surface area contributed by atoms with E-state index in [-0.39, 0.29) is 0 Å². The zero-order valence-corrected chi connectivity index (χ0v) is 24.0. The fourth-order valence-corrected chi connectivity index (χ4v) is 5.31. The summed E-state index contributed by atoms with van der Waals surface area (Å²) in [7, 11) is 1.63. The highest BCUT2D eigenvalue weighted by Crippen LogP contribution is 2.30. The minimum Gasteiger partial charge on any atom is -0.493 e. The number of ether oxygens (including phenoxy) is 2. The molecular weight excluding hydrogens is 512 g/mol. The number of hydrogen-bond acceptors (Lipinski definition) is 5. The first-order valence-electron chi connectivity index (χ1n) is 14.6. The Hall–Kier alpha value is -3.87.